The highest BCUT2D eigenvalue weighted by molar-refractivity contribution is 5.93. The second kappa shape index (κ2) is 14.3. The second-order valence-electron chi connectivity index (χ2n) is 9.38. The van der Waals surface area contributed by atoms with Crippen molar-refractivity contribution in [2.24, 2.45) is 5.92 Å². The molecule has 0 aliphatic heterocycles. The van der Waals surface area contributed by atoms with Gasteiger partial charge in [-0.25, -0.2) is 14.8 Å². The molecular formula is C29H39N3O4. The molecule has 0 spiro atoms. The third-order valence-electron chi connectivity index (χ3n) is 5.77. The molecule has 1 N–H and O–H groups in total. The van der Waals surface area contributed by atoms with Crippen molar-refractivity contribution in [1.82, 2.24) is 9.97 Å². The van der Waals surface area contributed by atoms with E-state index in [2.05, 4.69) is 48.2 Å². The van der Waals surface area contributed by atoms with E-state index in [9.17, 15) is 4.79 Å². The lowest BCUT2D eigenvalue weighted by molar-refractivity contribution is 0.0594. The molecule has 0 atom stereocenters. The summed E-state index contributed by atoms with van der Waals surface area (Å²) >= 11 is 0. The summed E-state index contributed by atoms with van der Waals surface area (Å²) in [6.07, 6.45) is 7.52. The van der Waals surface area contributed by atoms with Crippen molar-refractivity contribution in [2.75, 3.05) is 25.6 Å². The fourth-order valence-electron chi connectivity index (χ4n) is 3.73. The lowest BCUT2D eigenvalue weighted by Gasteiger charge is -2.13. The van der Waals surface area contributed by atoms with E-state index in [1.165, 1.54) is 39.2 Å². The molecule has 2 aromatic heterocycles. The number of fused-ring (bicyclic) bond motifs is 1. The number of nitrogens with zero attached hydrogens (tertiary/aromatic N) is 2. The Morgan fingerprint density at radius 2 is 1.69 bits per heavy atom. The van der Waals surface area contributed by atoms with E-state index in [1.54, 1.807) is 6.07 Å². The lowest BCUT2D eigenvalue weighted by atomic mass is 10.1. The van der Waals surface area contributed by atoms with Gasteiger partial charge in [0, 0.05) is 12.6 Å². The Kier molecular flexibility index (Phi) is 10.8. The van der Waals surface area contributed by atoms with Gasteiger partial charge in [-0.2, -0.15) is 0 Å². The number of pyridine rings is 2. The van der Waals surface area contributed by atoms with Gasteiger partial charge < -0.3 is 19.5 Å². The van der Waals surface area contributed by atoms with Gasteiger partial charge in [0.05, 0.1) is 25.7 Å². The Morgan fingerprint density at radius 3 is 2.42 bits per heavy atom. The predicted molar refractivity (Wildman–Crippen MR) is 144 cm³/mol. The molecule has 0 radical (unpaired) electrons. The lowest BCUT2D eigenvalue weighted by Crippen LogP contribution is -2.09. The van der Waals surface area contributed by atoms with Crippen LogP contribution in [0.25, 0.3) is 11.0 Å². The van der Waals surface area contributed by atoms with Crippen molar-refractivity contribution in [3.8, 4) is 11.5 Å². The summed E-state index contributed by atoms with van der Waals surface area (Å²) in [6, 6.07) is 13.5. The van der Waals surface area contributed by atoms with Crippen molar-refractivity contribution < 1.29 is 19.0 Å². The number of benzene rings is 1. The van der Waals surface area contributed by atoms with Crippen molar-refractivity contribution in [2.45, 2.75) is 65.8 Å². The van der Waals surface area contributed by atoms with Crippen LogP contribution in [0.2, 0.25) is 0 Å². The highest BCUT2D eigenvalue weighted by atomic mass is 16.5. The van der Waals surface area contributed by atoms with Gasteiger partial charge in [-0.15, -0.1) is 0 Å². The summed E-state index contributed by atoms with van der Waals surface area (Å²) in [6.45, 7) is 8.26. The molecule has 1 aromatic carbocycles. The quantitative estimate of drug-likeness (QED) is 0.184. The third-order valence-corrected chi connectivity index (χ3v) is 5.77. The predicted octanol–water partition coefficient (Wildman–Crippen LogP) is 6.80. The third kappa shape index (κ3) is 8.40. The molecule has 0 aliphatic carbocycles. The van der Waals surface area contributed by atoms with Gasteiger partial charge in [0.1, 0.15) is 17.3 Å². The number of carbonyl (C=O) groups excluding carboxylic acids is 1. The minimum absolute atomic E-state index is 0.171. The Morgan fingerprint density at radius 1 is 0.944 bits per heavy atom. The molecule has 7 heteroatoms. The molecule has 194 valence electrons. The standard InChI is InChI=1S/C29H39N3O4/c1-5-6-7-8-9-10-17-35-23-13-11-22(12-14-23)19-30-27-16-15-24-26(36-20-21(2)3)18-25(29(33)34-4)31-28(24)32-27/h11-16,18,21H,5-10,17,19-20H2,1-4H3,(H,30,31,32). The molecule has 0 aliphatic rings. The largest absolute Gasteiger partial charge is 0.494 e. The van der Waals surface area contributed by atoms with E-state index in [0.29, 0.717) is 36.3 Å². The minimum atomic E-state index is -0.523. The van der Waals surface area contributed by atoms with Crippen LogP contribution in [-0.2, 0) is 11.3 Å². The van der Waals surface area contributed by atoms with Crippen LogP contribution < -0.4 is 14.8 Å². The van der Waals surface area contributed by atoms with E-state index in [1.807, 2.05) is 24.3 Å². The zero-order valence-electron chi connectivity index (χ0n) is 22.0. The number of nitrogens with one attached hydrogen (secondary N) is 1. The van der Waals surface area contributed by atoms with E-state index in [4.69, 9.17) is 14.2 Å². The molecule has 7 nitrogen and oxygen atoms in total. The Bertz CT molecular complexity index is 1100. The van der Waals surface area contributed by atoms with E-state index >= 15 is 0 Å². The van der Waals surface area contributed by atoms with Crippen LogP contribution in [0.4, 0.5) is 5.82 Å². The fourth-order valence-corrected chi connectivity index (χ4v) is 3.73. The Labute approximate surface area is 214 Å². The van der Waals surface area contributed by atoms with E-state index in [-0.39, 0.29) is 5.69 Å². The molecule has 2 heterocycles. The minimum Gasteiger partial charge on any atom is -0.494 e. The molecule has 0 bridgehead atoms. The summed E-state index contributed by atoms with van der Waals surface area (Å²) in [5.74, 6) is 1.95. The maximum Gasteiger partial charge on any atom is 0.356 e. The van der Waals surface area contributed by atoms with Crippen LogP contribution in [-0.4, -0.2) is 36.3 Å². The van der Waals surface area contributed by atoms with E-state index in [0.717, 1.165) is 29.7 Å². The first-order valence-electron chi connectivity index (χ1n) is 13.0. The van der Waals surface area contributed by atoms with Gasteiger partial charge >= 0.3 is 5.97 Å². The summed E-state index contributed by atoms with van der Waals surface area (Å²) < 4.78 is 16.7. The van der Waals surface area contributed by atoms with Gasteiger partial charge in [-0.3, -0.25) is 0 Å². The first-order chi connectivity index (χ1) is 17.5. The van der Waals surface area contributed by atoms with Crippen LogP contribution in [0.15, 0.2) is 42.5 Å². The number of aromatic nitrogens is 2. The number of esters is 1. The van der Waals surface area contributed by atoms with Gasteiger partial charge in [-0.05, 0) is 42.2 Å². The van der Waals surface area contributed by atoms with Gasteiger partial charge in [0.15, 0.2) is 11.3 Å². The average molecular weight is 494 g/mol. The normalized spacial score (nSPS) is 11.0. The number of unbranched alkanes of at least 4 members (excludes halogenated alkanes) is 5. The zero-order chi connectivity index (χ0) is 25.8. The molecule has 0 amide bonds. The fraction of sp³-hybridized carbons (Fsp3) is 0.483. The maximum atomic E-state index is 12.1. The Hall–Kier alpha value is -3.35. The number of carbonyl (C=O) groups is 1. The van der Waals surface area contributed by atoms with Gasteiger partial charge in [-0.1, -0.05) is 65.0 Å². The van der Waals surface area contributed by atoms with Crippen molar-refractivity contribution in [1.29, 1.82) is 0 Å². The molecule has 0 saturated heterocycles. The summed E-state index contributed by atoms with van der Waals surface area (Å²) in [4.78, 5) is 21.1. The van der Waals surface area contributed by atoms with Crippen LogP contribution in [0.3, 0.4) is 0 Å². The monoisotopic (exact) mass is 493 g/mol. The highest BCUT2D eigenvalue weighted by Gasteiger charge is 2.15. The zero-order valence-corrected chi connectivity index (χ0v) is 22.0. The van der Waals surface area contributed by atoms with Crippen LogP contribution in [0.5, 0.6) is 11.5 Å². The number of hydrogen-bond donors (Lipinski definition) is 1. The summed E-state index contributed by atoms with van der Waals surface area (Å²) in [7, 11) is 1.33. The van der Waals surface area contributed by atoms with Crippen LogP contribution in [0, 0.1) is 5.92 Å². The molecule has 36 heavy (non-hydrogen) atoms. The second-order valence-corrected chi connectivity index (χ2v) is 9.38. The summed E-state index contributed by atoms with van der Waals surface area (Å²) in [5.41, 5.74) is 1.71. The number of anilines is 1. The maximum absolute atomic E-state index is 12.1. The van der Waals surface area contributed by atoms with Crippen LogP contribution in [0.1, 0.15) is 75.3 Å². The molecule has 0 saturated carbocycles. The Balaban J connectivity index is 1.59. The van der Waals surface area contributed by atoms with E-state index < -0.39 is 5.97 Å². The molecule has 3 rings (SSSR count). The molecule has 0 fully saturated rings. The first-order valence-corrected chi connectivity index (χ1v) is 13.0. The van der Waals surface area contributed by atoms with Crippen LogP contribution >= 0.6 is 0 Å². The smallest absolute Gasteiger partial charge is 0.356 e. The molecule has 0 unspecified atom stereocenters. The van der Waals surface area contributed by atoms with Gasteiger partial charge in [0.25, 0.3) is 0 Å². The van der Waals surface area contributed by atoms with Crippen molar-refractivity contribution >= 4 is 22.8 Å². The SMILES string of the molecule is CCCCCCCCOc1ccc(CNc2ccc3c(OCC(C)C)cc(C(=O)OC)nc3n2)cc1. The highest BCUT2D eigenvalue weighted by Crippen LogP contribution is 2.27. The average Bonchev–Trinajstić information content (AvgIpc) is 2.89. The van der Waals surface area contributed by atoms with Crippen molar-refractivity contribution in [3.05, 3.63) is 53.7 Å². The van der Waals surface area contributed by atoms with Crippen molar-refractivity contribution in [3.63, 3.8) is 0 Å². The number of rotatable bonds is 15. The number of ether oxygens (including phenoxy) is 3. The number of hydrogen-bond acceptors (Lipinski definition) is 7. The first kappa shape index (κ1) is 27.2. The molecular weight excluding hydrogens is 454 g/mol. The number of methoxy groups -OCH3 is 1. The summed E-state index contributed by atoms with van der Waals surface area (Å²) in [5, 5.41) is 4.08. The topological polar surface area (TPSA) is 82.6 Å². The van der Waals surface area contributed by atoms with Gasteiger partial charge in [0.2, 0.25) is 0 Å². The molecule has 3 aromatic rings.